The van der Waals surface area contributed by atoms with Crippen molar-refractivity contribution >= 4 is 21.7 Å². The van der Waals surface area contributed by atoms with Gasteiger partial charge in [-0.15, -0.1) is 0 Å². The maximum absolute atomic E-state index is 12.5. The van der Waals surface area contributed by atoms with E-state index in [1.165, 1.54) is 11.2 Å². The van der Waals surface area contributed by atoms with Crippen molar-refractivity contribution in [1.29, 1.82) is 5.41 Å². The van der Waals surface area contributed by atoms with Crippen LogP contribution >= 0.6 is 0 Å². The van der Waals surface area contributed by atoms with Crippen molar-refractivity contribution in [3.63, 3.8) is 0 Å². The predicted molar refractivity (Wildman–Crippen MR) is 96.0 cm³/mol. The van der Waals surface area contributed by atoms with E-state index in [1.807, 2.05) is 30.3 Å². The minimum absolute atomic E-state index is 0.0528. The highest BCUT2D eigenvalue weighted by Crippen LogP contribution is 2.31. The number of carbonyl (C=O) groups excluding carboxylic acids is 1. The van der Waals surface area contributed by atoms with Crippen molar-refractivity contribution in [2.75, 3.05) is 13.3 Å². The van der Waals surface area contributed by atoms with Gasteiger partial charge >= 0.3 is 0 Å². The third-order valence-electron chi connectivity index (χ3n) is 4.47. The van der Waals surface area contributed by atoms with Crippen molar-refractivity contribution < 1.29 is 13.2 Å². The zero-order chi connectivity index (χ0) is 18.4. The van der Waals surface area contributed by atoms with Gasteiger partial charge in [0.05, 0.1) is 4.90 Å². The van der Waals surface area contributed by atoms with Crippen LogP contribution in [0.4, 0.5) is 0 Å². The molecule has 1 unspecified atom stereocenters. The second kappa shape index (κ2) is 5.70. The fraction of sp³-hybridized carbons (Fsp3) is 0.222. The molecule has 1 atom stereocenters. The number of benzene rings is 2. The smallest absolute Gasteiger partial charge is 0.259 e. The number of likely N-dealkylation sites (N-methyl/N-ethyl adjacent to an activating group) is 1. The summed E-state index contributed by atoms with van der Waals surface area (Å²) in [7, 11) is -1.74. The summed E-state index contributed by atoms with van der Waals surface area (Å²) in [6.07, 6.45) is 1.17. The van der Waals surface area contributed by atoms with E-state index in [1.54, 1.807) is 32.2 Å². The molecule has 6 nitrogen and oxygen atoms in total. The molecule has 130 valence electrons. The van der Waals surface area contributed by atoms with Gasteiger partial charge in [-0.2, -0.15) is 0 Å². The second-order valence-electron chi connectivity index (χ2n) is 6.34. The molecule has 1 aliphatic rings. The van der Waals surface area contributed by atoms with Gasteiger partial charge in [-0.3, -0.25) is 15.1 Å². The van der Waals surface area contributed by atoms with E-state index >= 15 is 0 Å². The normalized spacial score (nSPS) is 20.7. The fourth-order valence-electron chi connectivity index (χ4n) is 2.92. The average molecular weight is 357 g/mol. The lowest BCUT2D eigenvalue weighted by Crippen LogP contribution is -2.40. The second-order valence-corrected chi connectivity index (χ2v) is 8.36. The Bertz CT molecular complexity index is 985. The topological polar surface area (TPSA) is 90.3 Å². The molecule has 2 aromatic carbocycles. The molecule has 0 aliphatic carbocycles. The van der Waals surface area contributed by atoms with Gasteiger partial charge in [-0.25, -0.2) is 8.42 Å². The molecule has 1 heterocycles. The summed E-state index contributed by atoms with van der Waals surface area (Å²) in [5.41, 5.74) is 1.26. The number of guanidine groups is 1. The Hall–Kier alpha value is -2.67. The summed E-state index contributed by atoms with van der Waals surface area (Å²) in [6, 6.07) is 14.1. The third-order valence-corrected chi connectivity index (χ3v) is 5.58. The Morgan fingerprint density at radius 3 is 2.24 bits per heavy atom. The highest BCUT2D eigenvalue weighted by atomic mass is 32.2. The van der Waals surface area contributed by atoms with Crippen molar-refractivity contribution in [3.05, 3.63) is 54.1 Å². The van der Waals surface area contributed by atoms with Crippen molar-refractivity contribution in [1.82, 2.24) is 10.2 Å². The number of rotatable bonds is 3. The molecule has 0 aromatic heterocycles. The lowest BCUT2D eigenvalue weighted by atomic mass is 9.89. The number of nitrogens with one attached hydrogen (secondary N) is 2. The quantitative estimate of drug-likeness (QED) is 0.879. The maximum Gasteiger partial charge on any atom is 0.259 e. The first-order valence-corrected chi connectivity index (χ1v) is 9.58. The van der Waals surface area contributed by atoms with Gasteiger partial charge in [0.1, 0.15) is 5.54 Å². The number of hydrogen-bond donors (Lipinski definition) is 2. The van der Waals surface area contributed by atoms with Gasteiger partial charge in [0, 0.05) is 13.3 Å². The molecule has 3 rings (SSSR count). The van der Waals surface area contributed by atoms with Gasteiger partial charge in [0.25, 0.3) is 5.91 Å². The van der Waals surface area contributed by atoms with Crippen molar-refractivity contribution in [3.8, 4) is 11.1 Å². The number of nitrogens with zero attached hydrogens (tertiary/aromatic N) is 1. The van der Waals surface area contributed by atoms with Crippen LogP contribution in [0.3, 0.4) is 0 Å². The van der Waals surface area contributed by atoms with Crippen LogP contribution in [0.2, 0.25) is 0 Å². The SMILES string of the molecule is CN1C(=N)NC(C)(c2cccc(-c3cccc(S(C)(=O)=O)c3)c2)C1=O. The number of hydrogen-bond acceptors (Lipinski definition) is 4. The van der Waals surface area contributed by atoms with Crippen LogP contribution in [-0.4, -0.2) is 38.5 Å². The molecule has 2 N–H and O–H groups in total. The summed E-state index contributed by atoms with van der Waals surface area (Å²) in [6.45, 7) is 1.74. The van der Waals surface area contributed by atoms with Crippen LogP contribution in [-0.2, 0) is 20.2 Å². The first-order chi connectivity index (χ1) is 11.6. The molecule has 7 heteroatoms. The van der Waals surface area contributed by atoms with Gasteiger partial charge < -0.3 is 5.32 Å². The number of sulfone groups is 1. The third kappa shape index (κ3) is 2.91. The Morgan fingerprint density at radius 2 is 1.68 bits per heavy atom. The number of amides is 1. The average Bonchev–Trinajstić information content (AvgIpc) is 2.78. The van der Waals surface area contributed by atoms with Gasteiger partial charge in [-0.1, -0.05) is 30.3 Å². The molecule has 0 spiro atoms. The van der Waals surface area contributed by atoms with Gasteiger partial charge in [0.2, 0.25) is 0 Å². The molecule has 2 aromatic rings. The Morgan fingerprint density at radius 1 is 1.08 bits per heavy atom. The van der Waals surface area contributed by atoms with Crippen LogP contribution in [0.25, 0.3) is 11.1 Å². The largest absolute Gasteiger partial charge is 0.338 e. The van der Waals surface area contributed by atoms with E-state index in [9.17, 15) is 13.2 Å². The summed E-state index contributed by atoms with van der Waals surface area (Å²) >= 11 is 0. The van der Waals surface area contributed by atoms with Crippen LogP contribution in [0.15, 0.2) is 53.4 Å². The van der Waals surface area contributed by atoms with Crippen molar-refractivity contribution in [2.45, 2.75) is 17.4 Å². The first kappa shape index (κ1) is 17.2. The minimum atomic E-state index is -3.30. The highest BCUT2D eigenvalue weighted by molar-refractivity contribution is 7.90. The number of carbonyl (C=O) groups is 1. The molecular weight excluding hydrogens is 338 g/mol. The Balaban J connectivity index is 2.07. The summed E-state index contributed by atoms with van der Waals surface area (Å²) in [4.78, 5) is 14.0. The molecule has 25 heavy (non-hydrogen) atoms. The van der Waals surface area contributed by atoms with E-state index in [2.05, 4.69) is 5.32 Å². The lowest BCUT2D eigenvalue weighted by molar-refractivity contribution is -0.129. The van der Waals surface area contributed by atoms with Crippen LogP contribution in [0, 0.1) is 5.41 Å². The summed E-state index contributed by atoms with van der Waals surface area (Å²) < 4.78 is 23.5. The minimum Gasteiger partial charge on any atom is -0.338 e. The molecule has 0 bridgehead atoms. The van der Waals surface area contributed by atoms with E-state index < -0.39 is 15.4 Å². The molecule has 1 aliphatic heterocycles. The standard InChI is InChI=1S/C18H19N3O3S/c1-18(16(22)21(2)17(19)20-18)14-8-4-6-12(10-14)13-7-5-9-15(11-13)25(3,23)24/h4-11H,1-3H3,(H2,19,20). The van der Waals surface area contributed by atoms with Gasteiger partial charge in [0.15, 0.2) is 15.8 Å². The van der Waals surface area contributed by atoms with Crippen molar-refractivity contribution in [2.24, 2.45) is 0 Å². The lowest BCUT2D eigenvalue weighted by Gasteiger charge is -2.22. The molecular formula is C18H19N3O3S. The molecule has 1 amide bonds. The Labute approximate surface area is 146 Å². The maximum atomic E-state index is 12.5. The summed E-state index contributed by atoms with van der Waals surface area (Å²) in [5.74, 6) is -0.156. The van der Waals surface area contributed by atoms with Gasteiger partial charge in [-0.05, 0) is 41.8 Å². The van der Waals surface area contributed by atoms with Crippen LogP contribution < -0.4 is 5.32 Å². The fourth-order valence-corrected chi connectivity index (χ4v) is 3.59. The first-order valence-electron chi connectivity index (χ1n) is 7.69. The highest BCUT2D eigenvalue weighted by Gasteiger charge is 2.45. The molecule has 1 saturated heterocycles. The zero-order valence-electron chi connectivity index (χ0n) is 14.2. The molecule has 1 fully saturated rings. The van der Waals surface area contributed by atoms with E-state index in [-0.39, 0.29) is 16.8 Å². The van der Waals surface area contributed by atoms with Crippen LogP contribution in [0.1, 0.15) is 12.5 Å². The Kier molecular flexibility index (Phi) is 3.91. The van der Waals surface area contributed by atoms with E-state index in [4.69, 9.17) is 5.41 Å². The van der Waals surface area contributed by atoms with E-state index in [0.29, 0.717) is 5.56 Å². The van der Waals surface area contributed by atoms with E-state index in [0.717, 1.165) is 11.1 Å². The summed E-state index contributed by atoms with van der Waals surface area (Å²) in [5, 5.41) is 10.8. The monoisotopic (exact) mass is 357 g/mol. The predicted octanol–water partition coefficient (Wildman–Crippen LogP) is 1.97. The molecule has 0 saturated carbocycles. The molecule has 0 radical (unpaired) electrons. The van der Waals surface area contributed by atoms with Crippen LogP contribution in [0.5, 0.6) is 0 Å². The zero-order valence-corrected chi connectivity index (χ0v) is 15.0.